The predicted octanol–water partition coefficient (Wildman–Crippen LogP) is 0.606. The van der Waals surface area contributed by atoms with Crippen LogP contribution in [0.15, 0.2) is 47.6 Å². The van der Waals surface area contributed by atoms with Gasteiger partial charge in [0.25, 0.3) is 10.0 Å². The molecule has 1 aromatic carbocycles. The minimum absolute atomic E-state index is 0.0492. The summed E-state index contributed by atoms with van der Waals surface area (Å²) in [6, 6.07) is 10.4. The number of aromatic nitrogens is 2. The van der Waals surface area contributed by atoms with E-state index in [0.717, 1.165) is 0 Å². The zero-order valence-electron chi connectivity index (χ0n) is 11.3. The van der Waals surface area contributed by atoms with Crippen molar-refractivity contribution in [2.45, 2.75) is 17.5 Å². The van der Waals surface area contributed by atoms with Crippen LogP contribution in [0.3, 0.4) is 0 Å². The van der Waals surface area contributed by atoms with Gasteiger partial charge in [-0.1, -0.05) is 30.3 Å². The lowest BCUT2D eigenvalue weighted by molar-refractivity contribution is 0.196. The van der Waals surface area contributed by atoms with Crippen LogP contribution < -0.4 is 4.72 Å². The van der Waals surface area contributed by atoms with Crippen molar-refractivity contribution >= 4 is 10.0 Å². The van der Waals surface area contributed by atoms with Crippen molar-refractivity contribution in [2.24, 2.45) is 7.05 Å². The third-order valence-corrected chi connectivity index (χ3v) is 4.81. The lowest BCUT2D eigenvalue weighted by atomic mass is 9.94. The standard InChI is InChI=1S/C13H17N3O3S/c1-13(10-17,11-6-4-3-5-7-11)15-20(18,19)12-8-9-14-16(12)2/h3-9,15,17H,10H2,1-2H3. The maximum atomic E-state index is 12.4. The Morgan fingerprint density at radius 3 is 2.45 bits per heavy atom. The van der Waals surface area contributed by atoms with Crippen molar-refractivity contribution in [2.75, 3.05) is 6.61 Å². The first-order chi connectivity index (χ1) is 9.39. The quantitative estimate of drug-likeness (QED) is 0.846. The van der Waals surface area contributed by atoms with E-state index in [2.05, 4.69) is 9.82 Å². The monoisotopic (exact) mass is 295 g/mol. The van der Waals surface area contributed by atoms with E-state index < -0.39 is 15.6 Å². The molecule has 1 atom stereocenters. The fourth-order valence-electron chi connectivity index (χ4n) is 1.96. The van der Waals surface area contributed by atoms with E-state index in [9.17, 15) is 13.5 Å². The molecule has 0 aliphatic carbocycles. The highest BCUT2D eigenvalue weighted by Crippen LogP contribution is 2.22. The molecule has 7 heteroatoms. The molecular formula is C13H17N3O3S. The third kappa shape index (κ3) is 2.74. The van der Waals surface area contributed by atoms with E-state index in [0.29, 0.717) is 5.56 Å². The highest BCUT2D eigenvalue weighted by Gasteiger charge is 2.33. The molecule has 6 nitrogen and oxygen atoms in total. The average molecular weight is 295 g/mol. The van der Waals surface area contributed by atoms with E-state index in [4.69, 9.17) is 0 Å². The largest absolute Gasteiger partial charge is 0.394 e. The lowest BCUT2D eigenvalue weighted by Crippen LogP contribution is -2.46. The van der Waals surface area contributed by atoms with Crippen LogP contribution in [0.25, 0.3) is 0 Å². The third-order valence-electron chi connectivity index (χ3n) is 3.14. The number of sulfonamides is 1. The summed E-state index contributed by atoms with van der Waals surface area (Å²) in [5.41, 5.74) is -0.405. The Hall–Kier alpha value is -1.70. The summed E-state index contributed by atoms with van der Waals surface area (Å²) in [6.07, 6.45) is 1.41. The molecule has 108 valence electrons. The van der Waals surface area contributed by atoms with Gasteiger partial charge in [-0.2, -0.15) is 9.82 Å². The zero-order chi connectivity index (χ0) is 14.8. The molecule has 0 radical (unpaired) electrons. The SMILES string of the molecule is Cn1nccc1S(=O)(=O)NC(C)(CO)c1ccccc1. The molecule has 0 amide bonds. The number of hydrogen-bond acceptors (Lipinski definition) is 4. The molecule has 0 saturated carbocycles. The molecule has 2 N–H and O–H groups in total. The number of aliphatic hydroxyl groups is 1. The number of aryl methyl sites for hydroxylation is 1. The Kier molecular flexibility index (Phi) is 3.94. The van der Waals surface area contributed by atoms with Gasteiger partial charge in [0.2, 0.25) is 0 Å². The Bertz CT molecular complexity index is 682. The first-order valence-electron chi connectivity index (χ1n) is 6.07. The summed E-state index contributed by atoms with van der Waals surface area (Å²) in [7, 11) is -2.23. The molecular weight excluding hydrogens is 278 g/mol. The maximum absolute atomic E-state index is 12.4. The van der Waals surface area contributed by atoms with Crippen LogP contribution in [0.2, 0.25) is 0 Å². The summed E-state index contributed by atoms with van der Waals surface area (Å²) >= 11 is 0. The van der Waals surface area contributed by atoms with Crippen molar-refractivity contribution in [3.8, 4) is 0 Å². The van der Waals surface area contributed by atoms with Gasteiger partial charge in [0.05, 0.1) is 18.3 Å². The van der Waals surface area contributed by atoms with E-state index in [1.54, 1.807) is 38.2 Å². The lowest BCUT2D eigenvalue weighted by Gasteiger charge is -2.28. The number of benzene rings is 1. The predicted molar refractivity (Wildman–Crippen MR) is 74.4 cm³/mol. The maximum Gasteiger partial charge on any atom is 0.258 e. The molecule has 0 fully saturated rings. The Labute approximate surface area is 118 Å². The Balaban J connectivity index is 2.38. The molecule has 0 spiro atoms. The van der Waals surface area contributed by atoms with Gasteiger partial charge >= 0.3 is 0 Å². The fraction of sp³-hybridized carbons (Fsp3) is 0.308. The second kappa shape index (κ2) is 5.35. The molecule has 2 rings (SSSR count). The minimum Gasteiger partial charge on any atom is -0.394 e. The van der Waals surface area contributed by atoms with Crippen LogP contribution in [0.5, 0.6) is 0 Å². The summed E-state index contributed by atoms with van der Waals surface area (Å²) < 4.78 is 28.6. The van der Waals surface area contributed by atoms with E-state index in [-0.39, 0.29) is 11.6 Å². The highest BCUT2D eigenvalue weighted by atomic mass is 32.2. The molecule has 0 saturated heterocycles. The smallest absolute Gasteiger partial charge is 0.258 e. The van der Waals surface area contributed by atoms with Gasteiger partial charge in [-0.3, -0.25) is 4.68 Å². The first kappa shape index (κ1) is 14.7. The van der Waals surface area contributed by atoms with Gasteiger partial charge in [0.15, 0.2) is 5.03 Å². The summed E-state index contributed by atoms with van der Waals surface area (Å²) in [5.74, 6) is 0. The minimum atomic E-state index is -3.78. The van der Waals surface area contributed by atoms with E-state index >= 15 is 0 Å². The Morgan fingerprint density at radius 1 is 1.30 bits per heavy atom. The van der Waals surface area contributed by atoms with Gasteiger partial charge in [-0.25, -0.2) is 8.42 Å². The normalized spacial score (nSPS) is 14.9. The van der Waals surface area contributed by atoms with Crippen LogP contribution in [0, 0.1) is 0 Å². The van der Waals surface area contributed by atoms with Gasteiger partial charge in [-0.05, 0) is 18.6 Å². The van der Waals surface area contributed by atoms with Gasteiger partial charge in [0, 0.05) is 7.05 Å². The fourth-order valence-corrected chi connectivity index (χ4v) is 3.48. The molecule has 1 aromatic heterocycles. The van der Waals surface area contributed by atoms with Crippen molar-refractivity contribution in [3.05, 3.63) is 48.2 Å². The van der Waals surface area contributed by atoms with E-state index in [1.807, 2.05) is 6.07 Å². The average Bonchev–Trinajstić information content (AvgIpc) is 2.86. The number of nitrogens with zero attached hydrogens (tertiary/aromatic N) is 2. The first-order valence-corrected chi connectivity index (χ1v) is 7.56. The number of aliphatic hydroxyl groups excluding tert-OH is 1. The van der Waals surface area contributed by atoms with Crippen LogP contribution in [0.1, 0.15) is 12.5 Å². The van der Waals surface area contributed by atoms with E-state index in [1.165, 1.54) is 16.9 Å². The van der Waals surface area contributed by atoms with Crippen molar-refractivity contribution < 1.29 is 13.5 Å². The van der Waals surface area contributed by atoms with Crippen LogP contribution in [0.4, 0.5) is 0 Å². The molecule has 1 unspecified atom stereocenters. The van der Waals surface area contributed by atoms with Gasteiger partial charge < -0.3 is 5.11 Å². The summed E-state index contributed by atoms with van der Waals surface area (Å²) in [6.45, 7) is 1.28. The molecule has 0 aliphatic rings. The molecule has 0 bridgehead atoms. The summed E-state index contributed by atoms with van der Waals surface area (Å²) in [5, 5.41) is 13.5. The summed E-state index contributed by atoms with van der Waals surface area (Å²) in [4.78, 5) is 0. The molecule has 2 aromatic rings. The highest BCUT2D eigenvalue weighted by molar-refractivity contribution is 7.89. The number of rotatable bonds is 5. The second-order valence-corrected chi connectivity index (χ2v) is 6.38. The van der Waals surface area contributed by atoms with Crippen molar-refractivity contribution in [1.29, 1.82) is 0 Å². The number of hydrogen-bond donors (Lipinski definition) is 2. The van der Waals surface area contributed by atoms with Gasteiger partial charge in [-0.15, -0.1) is 0 Å². The van der Waals surface area contributed by atoms with Crippen molar-refractivity contribution in [3.63, 3.8) is 0 Å². The van der Waals surface area contributed by atoms with Crippen LogP contribution in [-0.2, 0) is 22.6 Å². The zero-order valence-corrected chi connectivity index (χ0v) is 12.1. The molecule has 20 heavy (non-hydrogen) atoms. The second-order valence-electron chi connectivity index (χ2n) is 4.75. The Morgan fingerprint density at radius 2 is 1.95 bits per heavy atom. The van der Waals surface area contributed by atoms with Crippen molar-refractivity contribution in [1.82, 2.24) is 14.5 Å². The molecule has 1 heterocycles. The molecule has 0 aliphatic heterocycles. The van der Waals surface area contributed by atoms with Gasteiger partial charge in [0.1, 0.15) is 0 Å². The number of nitrogens with one attached hydrogen (secondary N) is 1. The topological polar surface area (TPSA) is 84.2 Å². The van der Waals surface area contributed by atoms with Crippen LogP contribution >= 0.6 is 0 Å². The van der Waals surface area contributed by atoms with Crippen LogP contribution in [-0.4, -0.2) is 29.9 Å².